The SMILES string of the molecule is O[C@@H](CN1CCN(c2ccccc2)CC1)c1ccc2c(c1)OCO2. The summed E-state index contributed by atoms with van der Waals surface area (Å²) in [5.74, 6) is 1.47. The molecule has 2 aromatic carbocycles. The van der Waals surface area contributed by atoms with Crippen molar-refractivity contribution in [1.29, 1.82) is 0 Å². The maximum atomic E-state index is 10.5. The van der Waals surface area contributed by atoms with Crippen LogP contribution in [0.3, 0.4) is 0 Å². The number of rotatable bonds is 4. The highest BCUT2D eigenvalue weighted by Gasteiger charge is 2.22. The third-order valence-electron chi connectivity index (χ3n) is 4.71. The molecular weight excluding hydrogens is 304 g/mol. The van der Waals surface area contributed by atoms with Gasteiger partial charge in [-0.25, -0.2) is 0 Å². The summed E-state index contributed by atoms with van der Waals surface area (Å²) in [5.41, 5.74) is 2.15. The summed E-state index contributed by atoms with van der Waals surface area (Å²) >= 11 is 0. The van der Waals surface area contributed by atoms with E-state index in [4.69, 9.17) is 9.47 Å². The van der Waals surface area contributed by atoms with E-state index >= 15 is 0 Å². The molecule has 0 aliphatic carbocycles. The van der Waals surface area contributed by atoms with Crippen LogP contribution in [0.1, 0.15) is 11.7 Å². The molecule has 2 aliphatic rings. The fourth-order valence-electron chi connectivity index (χ4n) is 3.30. The molecule has 0 aromatic heterocycles. The summed E-state index contributed by atoms with van der Waals surface area (Å²) < 4.78 is 10.7. The van der Waals surface area contributed by atoms with Gasteiger partial charge in [-0.1, -0.05) is 24.3 Å². The third kappa shape index (κ3) is 3.18. The van der Waals surface area contributed by atoms with E-state index in [1.54, 1.807) is 0 Å². The zero-order valence-electron chi connectivity index (χ0n) is 13.6. The van der Waals surface area contributed by atoms with E-state index in [0.717, 1.165) is 43.2 Å². The molecule has 0 unspecified atom stereocenters. The summed E-state index contributed by atoms with van der Waals surface area (Å²) in [4.78, 5) is 4.71. The standard InChI is InChI=1S/C19H22N2O3/c22-17(15-6-7-18-19(12-15)24-14-23-18)13-20-8-10-21(11-9-20)16-4-2-1-3-5-16/h1-7,12,17,22H,8-11,13-14H2/t17-/m0/s1. The van der Waals surface area contributed by atoms with E-state index in [9.17, 15) is 5.11 Å². The van der Waals surface area contributed by atoms with Gasteiger partial charge in [-0.15, -0.1) is 0 Å². The van der Waals surface area contributed by atoms with Crippen LogP contribution in [-0.2, 0) is 0 Å². The minimum atomic E-state index is -0.511. The number of hydrogen-bond acceptors (Lipinski definition) is 5. The second-order valence-corrected chi connectivity index (χ2v) is 6.25. The summed E-state index contributed by atoms with van der Waals surface area (Å²) in [5, 5.41) is 10.5. The first kappa shape index (κ1) is 15.3. The first-order chi connectivity index (χ1) is 11.8. The predicted octanol–water partition coefficient (Wildman–Crippen LogP) is 2.27. The van der Waals surface area contributed by atoms with Crippen LogP contribution in [0.4, 0.5) is 5.69 Å². The molecule has 1 atom stereocenters. The molecule has 2 aromatic rings. The largest absolute Gasteiger partial charge is 0.454 e. The van der Waals surface area contributed by atoms with Crippen molar-refractivity contribution in [3.63, 3.8) is 0 Å². The minimum absolute atomic E-state index is 0.260. The summed E-state index contributed by atoms with van der Waals surface area (Å²) in [6, 6.07) is 16.2. The molecular formula is C19H22N2O3. The molecule has 4 rings (SSSR count). The quantitative estimate of drug-likeness (QED) is 0.934. The van der Waals surface area contributed by atoms with Crippen LogP contribution in [0.25, 0.3) is 0 Å². The number of nitrogens with zero attached hydrogens (tertiary/aromatic N) is 2. The molecule has 126 valence electrons. The average Bonchev–Trinajstić information content (AvgIpc) is 3.11. The molecule has 2 aliphatic heterocycles. The monoisotopic (exact) mass is 326 g/mol. The zero-order chi connectivity index (χ0) is 16.4. The number of aliphatic hydroxyl groups is 1. The van der Waals surface area contributed by atoms with Gasteiger partial charge < -0.3 is 19.5 Å². The van der Waals surface area contributed by atoms with Gasteiger partial charge in [0.05, 0.1) is 6.10 Å². The maximum Gasteiger partial charge on any atom is 0.231 e. The molecule has 0 spiro atoms. The summed E-state index contributed by atoms with van der Waals surface area (Å²) in [7, 11) is 0. The van der Waals surface area contributed by atoms with Crippen molar-refractivity contribution >= 4 is 5.69 Å². The molecule has 0 amide bonds. The zero-order valence-corrected chi connectivity index (χ0v) is 13.6. The molecule has 1 saturated heterocycles. The Bertz CT molecular complexity index is 684. The highest BCUT2D eigenvalue weighted by Crippen LogP contribution is 2.34. The number of para-hydroxylation sites is 1. The van der Waals surface area contributed by atoms with Crippen LogP contribution >= 0.6 is 0 Å². The average molecular weight is 326 g/mol. The van der Waals surface area contributed by atoms with Crippen LogP contribution in [0.2, 0.25) is 0 Å². The number of aliphatic hydroxyl groups excluding tert-OH is 1. The number of benzene rings is 2. The molecule has 0 radical (unpaired) electrons. The molecule has 5 heteroatoms. The smallest absolute Gasteiger partial charge is 0.231 e. The summed E-state index contributed by atoms with van der Waals surface area (Å²) in [6.07, 6.45) is -0.511. The van der Waals surface area contributed by atoms with E-state index in [1.165, 1.54) is 5.69 Å². The van der Waals surface area contributed by atoms with Gasteiger partial charge >= 0.3 is 0 Å². The molecule has 1 N–H and O–H groups in total. The van der Waals surface area contributed by atoms with Gasteiger partial charge in [-0.3, -0.25) is 4.90 Å². The van der Waals surface area contributed by atoms with Gasteiger partial charge in [0, 0.05) is 38.4 Å². The Hall–Kier alpha value is -2.24. The lowest BCUT2D eigenvalue weighted by molar-refractivity contribution is 0.109. The van der Waals surface area contributed by atoms with Crippen molar-refractivity contribution < 1.29 is 14.6 Å². The molecule has 5 nitrogen and oxygen atoms in total. The van der Waals surface area contributed by atoms with E-state index in [1.807, 2.05) is 24.3 Å². The Morgan fingerprint density at radius 1 is 0.917 bits per heavy atom. The number of anilines is 1. The van der Waals surface area contributed by atoms with Crippen molar-refractivity contribution in [2.75, 3.05) is 44.4 Å². The van der Waals surface area contributed by atoms with Gasteiger partial charge in [0.2, 0.25) is 6.79 Å². The van der Waals surface area contributed by atoms with Crippen LogP contribution in [-0.4, -0.2) is 49.5 Å². The Labute approximate surface area is 142 Å². The lowest BCUT2D eigenvalue weighted by Gasteiger charge is -2.37. The van der Waals surface area contributed by atoms with Crippen LogP contribution < -0.4 is 14.4 Å². The van der Waals surface area contributed by atoms with E-state index in [-0.39, 0.29) is 6.79 Å². The van der Waals surface area contributed by atoms with Crippen LogP contribution in [0.15, 0.2) is 48.5 Å². The lowest BCUT2D eigenvalue weighted by Crippen LogP contribution is -2.47. The first-order valence-corrected chi connectivity index (χ1v) is 8.39. The van der Waals surface area contributed by atoms with Crippen LogP contribution in [0.5, 0.6) is 11.5 Å². The topological polar surface area (TPSA) is 45.2 Å². The number of ether oxygens (including phenoxy) is 2. The summed E-state index contributed by atoms with van der Waals surface area (Å²) in [6.45, 7) is 4.78. The predicted molar refractivity (Wildman–Crippen MR) is 92.6 cm³/mol. The number of hydrogen-bond donors (Lipinski definition) is 1. The number of β-amino-alcohol motifs (C(OH)–C–C–N with tert-alkyl or cyclic N) is 1. The highest BCUT2D eigenvalue weighted by atomic mass is 16.7. The lowest BCUT2D eigenvalue weighted by atomic mass is 10.1. The van der Waals surface area contributed by atoms with E-state index < -0.39 is 6.10 Å². The first-order valence-electron chi connectivity index (χ1n) is 8.39. The highest BCUT2D eigenvalue weighted by molar-refractivity contribution is 5.46. The Morgan fingerprint density at radius 2 is 1.67 bits per heavy atom. The van der Waals surface area contributed by atoms with Crippen molar-refractivity contribution in [1.82, 2.24) is 4.90 Å². The van der Waals surface area contributed by atoms with Crippen LogP contribution in [0, 0.1) is 0 Å². The molecule has 24 heavy (non-hydrogen) atoms. The molecule has 1 fully saturated rings. The van der Waals surface area contributed by atoms with E-state index in [0.29, 0.717) is 6.54 Å². The normalized spacial score (nSPS) is 18.6. The Balaban J connectivity index is 1.33. The Kier molecular flexibility index (Phi) is 4.28. The molecule has 2 heterocycles. The van der Waals surface area contributed by atoms with Gasteiger partial charge in [-0.2, -0.15) is 0 Å². The van der Waals surface area contributed by atoms with Crippen molar-refractivity contribution in [2.45, 2.75) is 6.10 Å². The van der Waals surface area contributed by atoms with Gasteiger partial charge in [0.1, 0.15) is 0 Å². The Morgan fingerprint density at radius 3 is 2.46 bits per heavy atom. The van der Waals surface area contributed by atoms with Crippen molar-refractivity contribution in [3.05, 3.63) is 54.1 Å². The molecule has 0 bridgehead atoms. The van der Waals surface area contributed by atoms with Crippen molar-refractivity contribution in [2.24, 2.45) is 0 Å². The number of fused-ring (bicyclic) bond motifs is 1. The van der Waals surface area contributed by atoms with E-state index in [2.05, 4.69) is 34.1 Å². The second kappa shape index (κ2) is 6.71. The minimum Gasteiger partial charge on any atom is -0.454 e. The van der Waals surface area contributed by atoms with Gasteiger partial charge in [-0.05, 0) is 29.8 Å². The fraction of sp³-hybridized carbons (Fsp3) is 0.368. The number of piperazine rings is 1. The van der Waals surface area contributed by atoms with Gasteiger partial charge in [0.15, 0.2) is 11.5 Å². The van der Waals surface area contributed by atoms with Crippen molar-refractivity contribution in [3.8, 4) is 11.5 Å². The fourth-order valence-corrected chi connectivity index (χ4v) is 3.30. The maximum absolute atomic E-state index is 10.5. The van der Waals surface area contributed by atoms with Gasteiger partial charge in [0.25, 0.3) is 0 Å². The second-order valence-electron chi connectivity index (χ2n) is 6.25. The third-order valence-corrected chi connectivity index (χ3v) is 4.71. The molecule has 0 saturated carbocycles.